The zero-order chi connectivity index (χ0) is 15.6. The molecule has 1 aliphatic rings. The number of benzene rings is 1. The molecule has 1 heterocycles. The number of hydrogen-bond acceptors (Lipinski definition) is 4. The summed E-state index contributed by atoms with van der Waals surface area (Å²) in [5, 5.41) is 2.91. The number of morpholine rings is 1. The van der Waals surface area contributed by atoms with E-state index in [1.54, 1.807) is 19.3 Å². The highest BCUT2D eigenvalue weighted by Crippen LogP contribution is 2.18. The molecule has 1 aromatic rings. The number of methoxy groups -OCH3 is 1. The van der Waals surface area contributed by atoms with Crippen molar-refractivity contribution >= 4 is 12.0 Å². The van der Waals surface area contributed by atoms with Gasteiger partial charge in [0.2, 0.25) is 5.91 Å². The number of hydrogen-bond donors (Lipinski definition) is 1. The Morgan fingerprint density at radius 3 is 2.91 bits per heavy atom. The fraction of sp³-hybridized carbons (Fsp3) is 0.471. The molecule has 0 radical (unpaired) electrons. The van der Waals surface area contributed by atoms with E-state index in [9.17, 15) is 4.79 Å². The van der Waals surface area contributed by atoms with Crippen LogP contribution in [0.4, 0.5) is 0 Å². The van der Waals surface area contributed by atoms with E-state index in [1.165, 1.54) is 0 Å². The van der Waals surface area contributed by atoms with E-state index in [4.69, 9.17) is 9.47 Å². The Kier molecular flexibility index (Phi) is 6.93. The van der Waals surface area contributed by atoms with E-state index in [0.29, 0.717) is 6.54 Å². The van der Waals surface area contributed by atoms with Crippen molar-refractivity contribution in [3.8, 4) is 5.75 Å². The largest absolute Gasteiger partial charge is 0.496 e. The van der Waals surface area contributed by atoms with Crippen LogP contribution < -0.4 is 10.1 Å². The molecule has 22 heavy (non-hydrogen) atoms. The Labute approximate surface area is 131 Å². The molecule has 0 aliphatic carbocycles. The molecule has 0 unspecified atom stereocenters. The fourth-order valence-electron chi connectivity index (χ4n) is 2.37. The van der Waals surface area contributed by atoms with Crippen LogP contribution in [0.1, 0.15) is 12.0 Å². The molecule has 5 nitrogen and oxygen atoms in total. The summed E-state index contributed by atoms with van der Waals surface area (Å²) in [4.78, 5) is 14.2. The van der Waals surface area contributed by atoms with Crippen LogP contribution in [-0.4, -0.2) is 57.3 Å². The Bertz CT molecular complexity index is 496. The molecule has 1 amide bonds. The molecule has 0 bridgehead atoms. The van der Waals surface area contributed by atoms with Crippen LogP contribution in [0.25, 0.3) is 6.08 Å². The molecule has 1 N–H and O–H groups in total. The molecular weight excluding hydrogens is 280 g/mol. The number of ether oxygens (including phenoxy) is 2. The summed E-state index contributed by atoms with van der Waals surface area (Å²) in [6, 6.07) is 7.62. The van der Waals surface area contributed by atoms with Crippen LogP contribution in [0.3, 0.4) is 0 Å². The summed E-state index contributed by atoms with van der Waals surface area (Å²) in [6.45, 7) is 5.29. The molecule has 0 atom stereocenters. The van der Waals surface area contributed by atoms with Crippen LogP contribution >= 0.6 is 0 Å². The lowest BCUT2D eigenvalue weighted by Gasteiger charge is -2.26. The Balaban J connectivity index is 1.67. The average molecular weight is 304 g/mol. The Morgan fingerprint density at radius 1 is 1.36 bits per heavy atom. The van der Waals surface area contributed by atoms with Gasteiger partial charge in [0.25, 0.3) is 0 Å². The van der Waals surface area contributed by atoms with Crippen LogP contribution in [0, 0.1) is 0 Å². The van der Waals surface area contributed by atoms with Gasteiger partial charge in [-0.1, -0.05) is 18.2 Å². The van der Waals surface area contributed by atoms with Crippen molar-refractivity contribution in [3.05, 3.63) is 35.9 Å². The Morgan fingerprint density at radius 2 is 2.14 bits per heavy atom. The normalized spacial score (nSPS) is 15.9. The zero-order valence-corrected chi connectivity index (χ0v) is 13.1. The van der Waals surface area contributed by atoms with Crippen molar-refractivity contribution in [1.82, 2.24) is 10.2 Å². The maximum absolute atomic E-state index is 11.8. The highest BCUT2D eigenvalue weighted by atomic mass is 16.5. The molecule has 1 saturated heterocycles. The summed E-state index contributed by atoms with van der Waals surface area (Å²) in [5.41, 5.74) is 0.897. The first-order valence-electron chi connectivity index (χ1n) is 7.68. The number of carbonyl (C=O) groups is 1. The van der Waals surface area contributed by atoms with Gasteiger partial charge in [-0.3, -0.25) is 9.69 Å². The first-order chi connectivity index (χ1) is 10.8. The number of rotatable bonds is 7. The van der Waals surface area contributed by atoms with E-state index in [2.05, 4.69) is 10.2 Å². The van der Waals surface area contributed by atoms with E-state index in [0.717, 1.165) is 50.6 Å². The maximum Gasteiger partial charge on any atom is 0.244 e. The smallest absolute Gasteiger partial charge is 0.244 e. The number of carbonyl (C=O) groups excluding carboxylic acids is 1. The molecule has 1 fully saturated rings. The quantitative estimate of drug-likeness (QED) is 0.613. The van der Waals surface area contributed by atoms with Gasteiger partial charge in [0.05, 0.1) is 20.3 Å². The van der Waals surface area contributed by atoms with Crippen molar-refractivity contribution in [1.29, 1.82) is 0 Å². The molecular formula is C17H24N2O3. The summed E-state index contributed by atoms with van der Waals surface area (Å²) in [6.07, 6.45) is 4.27. The third-order valence-electron chi connectivity index (χ3n) is 3.61. The third kappa shape index (κ3) is 5.50. The summed E-state index contributed by atoms with van der Waals surface area (Å²) in [5.74, 6) is 0.687. The third-order valence-corrected chi connectivity index (χ3v) is 3.61. The minimum atomic E-state index is -0.0760. The van der Waals surface area contributed by atoms with Crippen LogP contribution in [0.5, 0.6) is 5.75 Å². The molecule has 5 heteroatoms. The van der Waals surface area contributed by atoms with Crippen LogP contribution in [0.2, 0.25) is 0 Å². The molecule has 0 saturated carbocycles. The molecule has 1 aliphatic heterocycles. The summed E-state index contributed by atoms with van der Waals surface area (Å²) in [7, 11) is 1.62. The van der Waals surface area contributed by atoms with Crippen molar-refractivity contribution in [2.75, 3.05) is 46.5 Å². The van der Waals surface area contributed by atoms with E-state index in [-0.39, 0.29) is 5.91 Å². The zero-order valence-electron chi connectivity index (χ0n) is 13.1. The number of amides is 1. The average Bonchev–Trinajstić information content (AvgIpc) is 2.58. The van der Waals surface area contributed by atoms with Crippen molar-refractivity contribution in [2.24, 2.45) is 0 Å². The lowest BCUT2D eigenvalue weighted by atomic mass is 10.2. The fourth-order valence-corrected chi connectivity index (χ4v) is 2.37. The molecule has 0 aromatic heterocycles. The molecule has 1 aromatic carbocycles. The van der Waals surface area contributed by atoms with Crippen molar-refractivity contribution in [2.45, 2.75) is 6.42 Å². The number of nitrogens with zero attached hydrogens (tertiary/aromatic N) is 1. The number of para-hydroxylation sites is 1. The maximum atomic E-state index is 11.8. The minimum absolute atomic E-state index is 0.0760. The Hall–Kier alpha value is -1.85. The van der Waals surface area contributed by atoms with Gasteiger partial charge in [-0.15, -0.1) is 0 Å². The van der Waals surface area contributed by atoms with Gasteiger partial charge in [0, 0.05) is 31.3 Å². The SMILES string of the molecule is COc1ccccc1/C=C/C(=O)NCCCN1CCOCC1. The number of nitrogens with one attached hydrogen (secondary N) is 1. The van der Waals surface area contributed by atoms with Gasteiger partial charge < -0.3 is 14.8 Å². The molecule has 120 valence electrons. The second-order valence-electron chi connectivity index (χ2n) is 5.17. The van der Waals surface area contributed by atoms with E-state index in [1.807, 2.05) is 24.3 Å². The highest BCUT2D eigenvalue weighted by Gasteiger charge is 2.09. The highest BCUT2D eigenvalue weighted by molar-refractivity contribution is 5.92. The second kappa shape index (κ2) is 9.23. The van der Waals surface area contributed by atoms with Crippen molar-refractivity contribution in [3.63, 3.8) is 0 Å². The molecule has 2 rings (SSSR count). The minimum Gasteiger partial charge on any atom is -0.496 e. The first kappa shape index (κ1) is 16.5. The predicted molar refractivity (Wildman–Crippen MR) is 86.9 cm³/mol. The van der Waals surface area contributed by atoms with Gasteiger partial charge >= 0.3 is 0 Å². The topological polar surface area (TPSA) is 50.8 Å². The predicted octanol–water partition coefficient (Wildman–Crippen LogP) is 1.55. The monoisotopic (exact) mass is 304 g/mol. The first-order valence-corrected chi connectivity index (χ1v) is 7.68. The van der Waals surface area contributed by atoms with Crippen molar-refractivity contribution < 1.29 is 14.3 Å². The lowest BCUT2D eigenvalue weighted by Crippen LogP contribution is -2.38. The van der Waals surface area contributed by atoms with Gasteiger partial charge in [-0.25, -0.2) is 0 Å². The van der Waals surface area contributed by atoms with Gasteiger partial charge in [-0.2, -0.15) is 0 Å². The summed E-state index contributed by atoms with van der Waals surface area (Å²) >= 11 is 0. The van der Waals surface area contributed by atoms with E-state index < -0.39 is 0 Å². The van der Waals surface area contributed by atoms with Gasteiger partial charge in [-0.05, 0) is 25.1 Å². The van der Waals surface area contributed by atoms with E-state index >= 15 is 0 Å². The van der Waals surface area contributed by atoms with Gasteiger partial charge in [0.15, 0.2) is 0 Å². The van der Waals surface area contributed by atoms with Gasteiger partial charge in [0.1, 0.15) is 5.75 Å². The van der Waals surface area contributed by atoms with Crippen LogP contribution in [-0.2, 0) is 9.53 Å². The molecule has 0 spiro atoms. The second-order valence-corrected chi connectivity index (χ2v) is 5.17. The lowest BCUT2D eigenvalue weighted by molar-refractivity contribution is -0.116. The summed E-state index contributed by atoms with van der Waals surface area (Å²) < 4.78 is 10.6. The standard InChI is InChI=1S/C17H24N2O3/c1-21-16-6-3-2-5-15(16)7-8-17(20)18-9-4-10-19-11-13-22-14-12-19/h2-3,5-8H,4,9-14H2,1H3,(H,18,20)/b8-7+. The van der Waals surface area contributed by atoms with Crippen LogP contribution in [0.15, 0.2) is 30.3 Å².